The molecule has 2 heterocycles. The summed E-state index contributed by atoms with van der Waals surface area (Å²) in [6.07, 6.45) is 1.46. The van der Waals surface area contributed by atoms with E-state index in [1.54, 1.807) is 19.0 Å². The van der Waals surface area contributed by atoms with E-state index in [1.807, 2.05) is 35.2 Å². The standard InChI is InChI=1S/C17H19N3O2S/c1-19(2)17(22)15-18-13-8-10-20(11-9-14(13)23-15)16(21)12-6-4-3-5-7-12/h3-7H,8-11H2,1-2H3. The average molecular weight is 329 g/mol. The van der Waals surface area contributed by atoms with Crippen molar-refractivity contribution in [3.8, 4) is 0 Å². The smallest absolute Gasteiger partial charge is 0.282 e. The van der Waals surface area contributed by atoms with Crippen molar-refractivity contribution in [3.05, 3.63) is 51.5 Å². The SMILES string of the molecule is CN(C)C(=O)c1nc2c(s1)CCN(C(=O)c1ccccc1)CC2. The van der Waals surface area contributed by atoms with Crippen molar-refractivity contribution in [1.82, 2.24) is 14.8 Å². The van der Waals surface area contributed by atoms with Gasteiger partial charge < -0.3 is 9.80 Å². The van der Waals surface area contributed by atoms with Gasteiger partial charge in [0.15, 0.2) is 5.01 Å². The summed E-state index contributed by atoms with van der Waals surface area (Å²) in [7, 11) is 3.46. The number of nitrogens with zero attached hydrogens (tertiary/aromatic N) is 3. The quantitative estimate of drug-likeness (QED) is 0.848. The van der Waals surface area contributed by atoms with Gasteiger partial charge in [-0.05, 0) is 12.1 Å². The Bertz CT molecular complexity index is 699. The zero-order chi connectivity index (χ0) is 16.4. The molecule has 0 saturated carbocycles. The van der Waals surface area contributed by atoms with E-state index in [1.165, 1.54) is 11.3 Å². The van der Waals surface area contributed by atoms with Gasteiger partial charge in [0.25, 0.3) is 11.8 Å². The summed E-state index contributed by atoms with van der Waals surface area (Å²) >= 11 is 1.45. The Balaban J connectivity index is 1.73. The van der Waals surface area contributed by atoms with Gasteiger partial charge in [0.2, 0.25) is 0 Å². The second-order valence-electron chi connectivity index (χ2n) is 5.75. The first-order valence-electron chi connectivity index (χ1n) is 7.61. The third-order valence-electron chi connectivity index (χ3n) is 3.90. The third kappa shape index (κ3) is 3.27. The van der Waals surface area contributed by atoms with E-state index >= 15 is 0 Å². The molecule has 0 N–H and O–H groups in total. The van der Waals surface area contributed by atoms with Crippen LogP contribution in [-0.2, 0) is 12.8 Å². The number of carbonyl (C=O) groups is 2. The normalized spacial score (nSPS) is 14.1. The summed E-state index contributed by atoms with van der Waals surface area (Å²) in [4.78, 5) is 33.6. The highest BCUT2D eigenvalue weighted by Gasteiger charge is 2.24. The van der Waals surface area contributed by atoms with E-state index in [4.69, 9.17) is 0 Å². The van der Waals surface area contributed by atoms with E-state index in [0.717, 1.165) is 17.0 Å². The maximum absolute atomic E-state index is 12.5. The number of fused-ring (bicyclic) bond motifs is 1. The van der Waals surface area contributed by atoms with E-state index in [2.05, 4.69) is 4.98 Å². The molecule has 2 aromatic rings. The maximum atomic E-state index is 12.5. The molecule has 120 valence electrons. The lowest BCUT2D eigenvalue weighted by molar-refractivity contribution is 0.0761. The highest BCUT2D eigenvalue weighted by molar-refractivity contribution is 7.13. The van der Waals surface area contributed by atoms with Crippen molar-refractivity contribution >= 4 is 23.2 Å². The molecule has 0 atom stereocenters. The van der Waals surface area contributed by atoms with Gasteiger partial charge in [0.05, 0.1) is 5.69 Å². The van der Waals surface area contributed by atoms with Crippen LogP contribution in [0.4, 0.5) is 0 Å². The second-order valence-corrected chi connectivity index (χ2v) is 6.83. The topological polar surface area (TPSA) is 53.5 Å². The molecular formula is C17H19N3O2S. The lowest BCUT2D eigenvalue weighted by Crippen LogP contribution is -2.33. The molecule has 6 heteroatoms. The average Bonchev–Trinajstić information content (AvgIpc) is 2.87. The van der Waals surface area contributed by atoms with Gasteiger partial charge in [-0.3, -0.25) is 9.59 Å². The lowest BCUT2D eigenvalue weighted by atomic mass is 10.2. The summed E-state index contributed by atoms with van der Waals surface area (Å²) in [6.45, 7) is 1.30. The van der Waals surface area contributed by atoms with Crippen LogP contribution in [-0.4, -0.2) is 53.8 Å². The van der Waals surface area contributed by atoms with Crippen LogP contribution in [0.3, 0.4) is 0 Å². The zero-order valence-corrected chi connectivity index (χ0v) is 14.1. The van der Waals surface area contributed by atoms with Crippen LogP contribution in [0.5, 0.6) is 0 Å². The molecule has 0 aliphatic carbocycles. The molecule has 0 radical (unpaired) electrons. The van der Waals surface area contributed by atoms with Crippen molar-refractivity contribution in [3.63, 3.8) is 0 Å². The highest BCUT2D eigenvalue weighted by atomic mass is 32.1. The Hall–Kier alpha value is -2.21. The second kappa shape index (κ2) is 6.50. The molecule has 1 aliphatic rings. The first-order chi connectivity index (χ1) is 11.1. The monoisotopic (exact) mass is 329 g/mol. The fourth-order valence-corrected chi connectivity index (χ4v) is 3.73. The fraction of sp³-hybridized carbons (Fsp3) is 0.353. The Morgan fingerprint density at radius 3 is 2.52 bits per heavy atom. The van der Waals surface area contributed by atoms with Crippen LogP contribution >= 0.6 is 11.3 Å². The molecule has 23 heavy (non-hydrogen) atoms. The predicted molar refractivity (Wildman–Crippen MR) is 89.9 cm³/mol. The van der Waals surface area contributed by atoms with Gasteiger partial charge in [-0.25, -0.2) is 4.98 Å². The minimum Gasteiger partial charge on any atom is -0.343 e. The zero-order valence-electron chi connectivity index (χ0n) is 13.3. The summed E-state index contributed by atoms with van der Waals surface area (Å²) < 4.78 is 0. The van der Waals surface area contributed by atoms with E-state index in [9.17, 15) is 9.59 Å². The van der Waals surface area contributed by atoms with Crippen LogP contribution in [0.2, 0.25) is 0 Å². The first-order valence-corrected chi connectivity index (χ1v) is 8.42. The minimum atomic E-state index is -0.0553. The number of carbonyl (C=O) groups excluding carboxylic acids is 2. The van der Waals surface area contributed by atoms with Crippen molar-refractivity contribution in [2.24, 2.45) is 0 Å². The van der Waals surface area contributed by atoms with Gasteiger partial charge in [0, 0.05) is 50.5 Å². The lowest BCUT2D eigenvalue weighted by Gasteiger charge is -2.20. The summed E-state index contributed by atoms with van der Waals surface area (Å²) in [6, 6.07) is 9.35. The van der Waals surface area contributed by atoms with Crippen molar-refractivity contribution in [2.75, 3.05) is 27.2 Å². The van der Waals surface area contributed by atoms with Crippen LogP contribution in [0.15, 0.2) is 30.3 Å². The number of rotatable bonds is 2. The Morgan fingerprint density at radius 2 is 1.83 bits per heavy atom. The molecule has 0 fully saturated rings. The maximum Gasteiger partial charge on any atom is 0.282 e. The van der Waals surface area contributed by atoms with Crippen molar-refractivity contribution in [2.45, 2.75) is 12.8 Å². The van der Waals surface area contributed by atoms with Gasteiger partial charge in [-0.2, -0.15) is 0 Å². The molecule has 5 nitrogen and oxygen atoms in total. The number of hydrogen-bond donors (Lipinski definition) is 0. The number of amides is 2. The number of thiazole rings is 1. The van der Waals surface area contributed by atoms with Crippen LogP contribution in [0.1, 0.15) is 30.7 Å². The summed E-state index contributed by atoms with van der Waals surface area (Å²) in [5, 5.41) is 0.544. The molecular weight excluding hydrogens is 310 g/mol. The molecule has 2 amide bonds. The molecule has 0 unspecified atom stereocenters. The van der Waals surface area contributed by atoms with Gasteiger partial charge in [0.1, 0.15) is 0 Å². The third-order valence-corrected chi connectivity index (χ3v) is 5.05. The molecule has 1 aromatic heterocycles. The molecule has 0 saturated heterocycles. The van der Waals surface area contributed by atoms with Gasteiger partial charge in [-0.15, -0.1) is 11.3 Å². The van der Waals surface area contributed by atoms with Crippen LogP contribution in [0, 0.1) is 0 Å². The van der Waals surface area contributed by atoms with Gasteiger partial charge >= 0.3 is 0 Å². The molecule has 0 spiro atoms. The van der Waals surface area contributed by atoms with Crippen molar-refractivity contribution < 1.29 is 9.59 Å². The fourth-order valence-electron chi connectivity index (χ4n) is 2.61. The molecule has 1 aliphatic heterocycles. The molecule has 1 aromatic carbocycles. The minimum absolute atomic E-state index is 0.0553. The Morgan fingerprint density at radius 1 is 1.13 bits per heavy atom. The predicted octanol–water partition coefficient (Wildman–Crippen LogP) is 2.09. The van der Waals surface area contributed by atoms with E-state index in [0.29, 0.717) is 30.1 Å². The van der Waals surface area contributed by atoms with E-state index < -0.39 is 0 Å². The largest absolute Gasteiger partial charge is 0.343 e. The van der Waals surface area contributed by atoms with Crippen LogP contribution < -0.4 is 0 Å². The number of aromatic nitrogens is 1. The van der Waals surface area contributed by atoms with Crippen molar-refractivity contribution in [1.29, 1.82) is 0 Å². The molecule has 3 rings (SSSR count). The van der Waals surface area contributed by atoms with Gasteiger partial charge in [-0.1, -0.05) is 18.2 Å². The first kappa shape index (κ1) is 15.7. The molecule has 0 bridgehead atoms. The highest BCUT2D eigenvalue weighted by Crippen LogP contribution is 2.24. The van der Waals surface area contributed by atoms with E-state index in [-0.39, 0.29) is 11.8 Å². The Kier molecular flexibility index (Phi) is 4.43. The summed E-state index contributed by atoms with van der Waals surface area (Å²) in [5.41, 5.74) is 1.68. The summed E-state index contributed by atoms with van der Waals surface area (Å²) in [5.74, 6) is 0.00522. The number of benzene rings is 1. The Labute approximate surface area is 139 Å². The van der Waals surface area contributed by atoms with Crippen LogP contribution in [0.25, 0.3) is 0 Å². The number of hydrogen-bond acceptors (Lipinski definition) is 4.